The average Bonchev–Trinajstić information content (AvgIpc) is 2.35. The molecule has 0 spiro atoms. The SMILES string of the molecule is CCCCCCC[CH2][Ge+2][CH2]CCCCCCC.[Cl-].[Cl-]. The maximum atomic E-state index is 2.30. The molecule has 0 fully saturated rings. The number of rotatable bonds is 14. The third-order valence-electron chi connectivity index (χ3n) is 3.41. The first kappa shape index (κ1) is 25.1. The number of hydrogen-bond donors (Lipinski definition) is 0. The van der Waals surface area contributed by atoms with Gasteiger partial charge in [0.15, 0.2) is 0 Å². The fourth-order valence-electron chi connectivity index (χ4n) is 2.19. The Kier molecular flexibility index (Phi) is 31.9. The first-order valence-electron chi connectivity index (χ1n) is 8.12. The third kappa shape index (κ3) is 24.5. The van der Waals surface area contributed by atoms with Crippen molar-refractivity contribution in [3.63, 3.8) is 0 Å². The van der Waals surface area contributed by atoms with Gasteiger partial charge in [-0.25, -0.2) is 0 Å². The van der Waals surface area contributed by atoms with E-state index >= 15 is 0 Å². The molecular weight excluding hydrogens is 336 g/mol. The van der Waals surface area contributed by atoms with Gasteiger partial charge in [0.2, 0.25) is 0 Å². The summed E-state index contributed by atoms with van der Waals surface area (Å²) in [5, 5.41) is 3.22. The second kappa shape index (κ2) is 24.2. The van der Waals surface area contributed by atoms with E-state index in [2.05, 4.69) is 13.8 Å². The summed E-state index contributed by atoms with van der Waals surface area (Å²) >= 11 is 0.448. The zero-order valence-electron chi connectivity index (χ0n) is 13.2. The van der Waals surface area contributed by atoms with Gasteiger partial charge in [-0.3, -0.25) is 0 Å². The van der Waals surface area contributed by atoms with Crippen molar-refractivity contribution in [3.8, 4) is 0 Å². The summed E-state index contributed by atoms with van der Waals surface area (Å²) < 4.78 is 0. The second-order valence-electron chi connectivity index (χ2n) is 5.29. The van der Waals surface area contributed by atoms with E-state index in [1.54, 1.807) is 23.3 Å². The van der Waals surface area contributed by atoms with Crippen LogP contribution < -0.4 is 24.8 Å². The molecule has 0 aliphatic carbocycles. The van der Waals surface area contributed by atoms with Crippen LogP contribution in [0.2, 0.25) is 10.5 Å². The third-order valence-corrected chi connectivity index (χ3v) is 6.38. The van der Waals surface area contributed by atoms with Crippen molar-refractivity contribution >= 4 is 15.4 Å². The van der Waals surface area contributed by atoms with E-state index < -0.39 is 0 Å². The summed E-state index contributed by atoms with van der Waals surface area (Å²) in [6.07, 6.45) is 17.7. The van der Waals surface area contributed by atoms with Gasteiger partial charge in [-0.05, 0) is 0 Å². The van der Waals surface area contributed by atoms with Crippen LogP contribution in [0.5, 0.6) is 0 Å². The number of hydrogen-bond acceptors (Lipinski definition) is 0. The minimum absolute atomic E-state index is 0. The van der Waals surface area contributed by atoms with Crippen LogP contribution in [0.1, 0.15) is 90.9 Å². The largest absolute Gasteiger partial charge is 1.00 e. The molecule has 0 rings (SSSR count). The fourth-order valence-corrected chi connectivity index (χ4v) is 4.81. The van der Waals surface area contributed by atoms with E-state index in [9.17, 15) is 0 Å². The molecular formula is C16H34Cl2Ge. The fraction of sp³-hybridized carbons (Fsp3) is 1.00. The Bertz CT molecular complexity index is 118. The molecule has 0 amide bonds. The summed E-state index contributed by atoms with van der Waals surface area (Å²) in [5.74, 6) is 0. The van der Waals surface area contributed by atoms with E-state index in [4.69, 9.17) is 0 Å². The second-order valence-corrected chi connectivity index (χ2v) is 8.43. The summed E-state index contributed by atoms with van der Waals surface area (Å²) in [7, 11) is 0. The van der Waals surface area contributed by atoms with Gasteiger partial charge >= 0.3 is 117 Å². The average molecular weight is 370 g/mol. The van der Waals surface area contributed by atoms with Crippen molar-refractivity contribution in [3.05, 3.63) is 0 Å². The molecule has 3 heteroatoms. The molecule has 0 radical (unpaired) electrons. The van der Waals surface area contributed by atoms with Crippen LogP contribution in [0, 0.1) is 0 Å². The molecule has 0 aliphatic heterocycles. The van der Waals surface area contributed by atoms with Crippen molar-refractivity contribution in [2.24, 2.45) is 0 Å². The molecule has 0 aromatic carbocycles. The van der Waals surface area contributed by atoms with Crippen LogP contribution in [-0.2, 0) is 0 Å². The van der Waals surface area contributed by atoms with Gasteiger partial charge in [0.05, 0.1) is 0 Å². The standard InChI is InChI=1S/C16H34Ge.2ClH/c1-3-5-7-9-11-13-15-17-16-14-12-10-8-6-4-2;;/h3-16H2,1-2H3;2*1H/q+2;;/p-2. The maximum Gasteiger partial charge on any atom is -1.00 e. The predicted octanol–water partition coefficient (Wildman–Crippen LogP) is 0.256. The van der Waals surface area contributed by atoms with Crippen molar-refractivity contribution in [1.29, 1.82) is 0 Å². The maximum absolute atomic E-state index is 2.30. The van der Waals surface area contributed by atoms with Crippen LogP contribution in [-0.4, -0.2) is 15.4 Å². The molecule has 0 N–H and O–H groups in total. The van der Waals surface area contributed by atoms with Crippen LogP contribution >= 0.6 is 0 Å². The van der Waals surface area contributed by atoms with E-state index in [1.165, 1.54) is 64.2 Å². The van der Waals surface area contributed by atoms with Gasteiger partial charge in [-0.2, -0.15) is 0 Å². The number of halogens is 2. The summed E-state index contributed by atoms with van der Waals surface area (Å²) in [4.78, 5) is 0. The molecule has 0 atom stereocenters. The Morgan fingerprint density at radius 1 is 0.474 bits per heavy atom. The zero-order valence-corrected chi connectivity index (χ0v) is 16.8. The van der Waals surface area contributed by atoms with Gasteiger partial charge in [0, 0.05) is 0 Å². The summed E-state index contributed by atoms with van der Waals surface area (Å²) in [6, 6.07) is 0. The van der Waals surface area contributed by atoms with Crippen LogP contribution in [0.3, 0.4) is 0 Å². The molecule has 0 unspecified atom stereocenters. The quantitative estimate of drug-likeness (QED) is 0.304. The molecule has 0 aromatic heterocycles. The molecule has 0 aliphatic rings. The van der Waals surface area contributed by atoms with Gasteiger partial charge < -0.3 is 24.8 Å². The molecule has 0 saturated heterocycles. The monoisotopic (exact) mass is 370 g/mol. The molecule has 0 aromatic rings. The molecule has 19 heavy (non-hydrogen) atoms. The van der Waals surface area contributed by atoms with Crippen molar-refractivity contribution < 1.29 is 24.8 Å². The predicted molar refractivity (Wildman–Crippen MR) is 82.1 cm³/mol. The first-order chi connectivity index (χ1) is 8.41. The Labute approximate surface area is 141 Å². The summed E-state index contributed by atoms with van der Waals surface area (Å²) in [5.41, 5.74) is 0. The summed E-state index contributed by atoms with van der Waals surface area (Å²) in [6.45, 7) is 4.60. The van der Waals surface area contributed by atoms with Gasteiger partial charge in [-0.15, -0.1) is 0 Å². The molecule has 0 bridgehead atoms. The Morgan fingerprint density at radius 2 is 0.789 bits per heavy atom. The minimum Gasteiger partial charge on any atom is -1.00 e. The zero-order chi connectivity index (χ0) is 12.6. The Hall–Kier alpha value is 1.12. The van der Waals surface area contributed by atoms with Crippen LogP contribution in [0.25, 0.3) is 0 Å². The van der Waals surface area contributed by atoms with Gasteiger partial charge in [-0.1, -0.05) is 0 Å². The minimum atomic E-state index is 0. The smallest absolute Gasteiger partial charge is 1.00 e. The molecule has 0 heterocycles. The van der Waals surface area contributed by atoms with Crippen molar-refractivity contribution in [2.75, 3.05) is 0 Å². The Balaban J connectivity index is -0.00000128. The number of unbranched alkanes of at least 4 members (excludes halogenated alkanes) is 10. The Morgan fingerprint density at radius 3 is 1.16 bits per heavy atom. The van der Waals surface area contributed by atoms with E-state index in [0.29, 0.717) is 15.4 Å². The molecule has 0 nitrogen and oxygen atoms in total. The topological polar surface area (TPSA) is 0 Å². The van der Waals surface area contributed by atoms with E-state index in [-0.39, 0.29) is 24.8 Å². The normalized spacial score (nSPS) is 9.37. The first-order valence-corrected chi connectivity index (χ1v) is 11.1. The van der Waals surface area contributed by atoms with E-state index in [0.717, 1.165) is 0 Å². The van der Waals surface area contributed by atoms with Crippen LogP contribution in [0.4, 0.5) is 0 Å². The van der Waals surface area contributed by atoms with Crippen molar-refractivity contribution in [2.45, 2.75) is 101 Å². The van der Waals surface area contributed by atoms with Gasteiger partial charge in [0.25, 0.3) is 0 Å². The van der Waals surface area contributed by atoms with E-state index in [1.807, 2.05) is 0 Å². The van der Waals surface area contributed by atoms with Crippen molar-refractivity contribution in [1.82, 2.24) is 0 Å². The molecule has 0 saturated carbocycles. The molecule has 116 valence electrons. The van der Waals surface area contributed by atoms with Gasteiger partial charge in [0.1, 0.15) is 0 Å². The van der Waals surface area contributed by atoms with Crippen LogP contribution in [0.15, 0.2) is 0 Å².